The molecule has 0 amide bonds. The van der Waals surface area contributed by atoms with Crippen LogP contribution in [0.25, 0.3) is 22.8 Å². The van der Waals surface area contributed by atoms with Crippen LogP contribution in [0.4, 0.5) is 0 Å². The minimum absolute atomic E-state index is 0.866. The molecule has 0 atom stereocenters. The molecule has 5 heteroatoms. The van der Waals surface area contributed by atoms with E-state index in [2.05, 4.69) is 22.2 Å². The lowest BCUT2D eigenvalue weighted by molar-refractivity contribution is 0.519. The zero-order chi connectivity index (χ0) is 17.3. The van der Waals surface area contributed by atoms with Gasteiger partial charge in [-0.3, -0.25) is 4.98 Å². The maximum atomic E-state index is 4.75. The zero-order valence-corrected chi connectivity index (χ0v) is 14.8. The van der Waals surface area contributed by atoms with Gasteiger partial charge in [-0.05, 0) is 30.7 Å². The first kappa shape index (κ1) is 17.3. The van der Waals surface area contributed by atoms with E-state index in [0.29, 0.717) is 0 Å². The molecule has 0 unspecified atom stereocenters. The SMILES string of the molecule is CCCCCCCCn1nncc1-c1cccc(-c2ccccn2)n1. The summed E-state index contributed by atoms with van der Waals surface area (Å²) in [6.45, 7) is 3.13. The number of aryl methyl sites for hydroxylation is 1. The summed E-state index contributed by atoms with van der Waals surface area (Å²) in [5.41, 5.74) is 3.59. The molecule has 0 N–H and O–H groups in total. The highest BCUT2D eigenvalue weighted by atomic mass is 15.4. The summed E-state index contributed by atoms with van der Waals surface area (Å²) in [4.78, 5) is 9.13. The van der Waals surface area contributed by atoms with E-state index in [0.717, 1.165) is 35.7 Å². The van der Waals surface area contributed by atoms with Gasteiger partial charge in [-0.25, -0.2) is 9.67 Å². The summed E-state index contributed by atoms with van der Waals surface area (Å²) in [6.07, 6.45) is 11.2. The molecule has 0 saturated heterocycles. The van der Waals surface area contributed by atoms with Gasteiger partial charge in [0.15, 0.2) is 0 Å². The third kappa shape index (κ3) is 4.72. The molecule has 0 bridgehead atoms. The van der Waals surface area contributed by atoms with Gasteiger partial charge >= 0.3 is 0 Å². The zero-order valence-electron chi connectivity index (χ0n) is 14.8. The molecule has 130 valence electrons. The Hall–Kier alpha value is -2.56. The van der Waals surface area contributed by atoms with Crippen LogP contribution < -0.4 is 0 Å². The molecule has 0 saturated carbocycles. The van der Waals surface area contributed by atoms with E-state index in [4.69, 9.17) is 4.98 Å². The Labute approximate surface area is 149 Å². The van der Waals surface area contributed by atoms with E-state index in [1.807, 2.05) is 41.1 Å². The van der Waals surface area contributed by atoms with Gasteiger partial charge in [0.1, 0.15) is 5.69 Å². The summed E-state index contributed by atoms with van der Waals surface area (Å²) in [5.74, 6) is 0. The van der Waals surface area contributed by atoms with Crippen LogP contribution in [-0.2, 0) is 6.54 Å². The van der Waals surface area contributed by atoms with Crippen molar-refractivity contribution in [1.82, 2.24) is 25.0 Å². The molecule has 0 aliphatic heterocycles. The lowest BCUT2D eigenvalue weighted by atomic mass is 10.1. The lowest BCUT2D eigenvalue weighted by Gasteiger charge is -2.07. The summed E-state index contributed by atoms with van der Waals surface area (Å²) < 4.78 is 1.96. The normalized spacial score (nSPS) is 10.9. The smallest absolute Gasteiger partial charge is 0.107 e. The van der Waals surface area contributed by atoms with E-state index < -0.39 is 0 Å². The van der Waals surface area contributed by atoms with Crippen LogP contribution in [0, 0.1) is 0 Å². The van der Waals surface area contributed by atoms with Crippen molar-refractivity contribution in [3.63, 3.8) is 0 Å². The molecule has 3 heterocycles. The molecular weight excluding hydrogens is 310 g/mol. The highest BCUT2D eigenvalue weighted by Crippen LogP contribution is 2.21. The van der Waals surface area contributed by atoms with Crippen LogP contribution >= 0.6 is 0 Å². The Balaban J connectivity index is 1.68. The van der Waals surface area contributed by atoms with Crippen LogP contribution in [0.15, 0.2) is 48.8 Å². The maximum absolute atomic E-state index is 4.75. The number of pyridine rings is 2. The van der Waals surface area contributed by atoms with Crippen LogP contribution in [0.3, 0.4) is 0 Å². The molecular formula is C20H25N5. The number of hydrogen-bond acceptors (Lipinski definition) is 4. The molecule has 0 aliphatic carbocycles. The van der Waals surface area contributed by atoms with E-state index >= 15 is 0 Å². The topological polar surface area (TPSA) is 56.5 Å². The third-order valence-corrected chi connectivity index (χ3v) is 4.28. The van der Waals surface area contributed by atoms with Crippen LogP contribution in [0.5, 0.6) is 0 Å². The van der Waals surface area contributed by atoms with Crippen molar-refractivity contribution in [2.24, 2.45) is 0 Å². The van der Waals surface area contributed by atoms with Gasteiger partial charge in [0.2, 0.25) is 0 Å². The van der Waals surface area contributed by atoms with Gasteiger partial charge in [-0.15, -0.1) is 5.10 Å². The first-order valence-electron chi connectivity index (χ1n) is 9.16. The Morgan fingerprint density at radius 2 is 1.64 bits per heavy atom. The molecule has 0 radical (unpaired) electrons. The van der Waals surface area contributed by atoms with E-state index in [1.165, 1.54) is 32.1 Å². The Morgan fingerprint density at radius 3 is 2.48 bits per heavy atom. The summed E-state index contributed by atoms with van der Waals surface area (Å²) >= 11 is 0. The molecule has 25 heavy (non-hydrogen) atoms. The second-order valence-electron chi connectivity index (χ2n) is 6.23. The molecule has 0 spiro atoms. The van der Waals surface area contributed by atoms with Gasteiger partial charge in [0, 0.05) is 12.7 Å². The number of unbranched alkanes of at least 4 members (excludes halogenated alkanes) is 5. The Morgan fingerprint density at radius 1 is 0.840 bits per heavy atom. The standard InChI is InChI=1S/C20H25N5/c1-2-3-4-5-6-9-15-25-20(16-22-24-25)19-13-10-12-18(23-19)17-11-7-8-14-21-17/h7-8,10-14,16H,2-6,9,15H2,1H3. The predicted octanol–water partition coefficient (Wildman–Crippen LogP) is 4.76. The fourth-order valence-electron chi connectivity index (χ4n) is 2.90. The first-order chi connectivity index (χ1) is 12.4. The number of aromatic nitrogens is 5. The van der Waals surface area contributed by atoms with Gasteiger partial charge in [-0.1, -0.05) is 56.4 Å². The highest BCUT2D eigenvalue weighted by Gasteiger charge is 2.09. The van der Waals surface area contributed by atoms with Gasteiger partial charge in [0.05, 0.1) is 23.3 Å². The molecule has 3 aromatic rings. The number of hydrogen-bond donors (Lipinski definition) is 0. The monoisotopic (exact) mass is 335 g/mol. The van der Waals surface area contributed by atoms with Gasteiger partial charge in [0.25, 0.3) is 0 Å². The first-order valence-corrected chi connectivity index (χ1v) is 9.16. The summed E-state index contributed by atoms with van der Waals surface area (Å²) in [5, 5.41) is 8.33. The average Bonchev–Trinajstić information content (AvgIpc) is 3.14. The molecule has 3 aromatic heterocycles. The van der Waals surface area contributed by atoms with E-state index in [9.17, 15) is 0 Å². The Bertz CT molecular complexity index is 767. The molecule has 0 aliphatic rings. The minimum Gasteiger partial charge on any atom is -0.255 e. The third-order valence-electron chi connectivity index (χ3n) is 4.28. The van der Waals surface area contributed by atoms with E-state index in [1.54, 1.807) is 12.4 Å². The summed E-state index contributed by atoms with van der Waals surface area (Å²) in [7, 11) is 0. The van der Waals surface area contributed by atoms with Crippen molar-refractivity contribution in [3.05, 3.63) is 48.8 Å². The largest absolute Gasteiger partial charge is 0.255 e. The van der Waals surface area contributed by atoms with Crippen molar-refractivity contribution in [3.8, 4) is 22.8 Å². The predicted molar refractivity (Wildman–Crippen MR) is 99.9 cm³/mol. The summed E-state index contributed by atoms with van der Waals surface area (Å²) in [6, 6.07) is 11.8. The van der Waals surface area contributed by atoms with Gasteiger partial charge < -0.3 is 0 Å². The van der Waals surface area contributed by atoms with Crippen LogP contribution in [-0.4, -0.2) is 25.0 Å². The van der Waals surface area contributed by atoms with Crippen molar-refractivity contribution in [2.75, 3.05) is 0 Å². The molecule has 0 fully saturated rings. The quantitative estimate of drug-likeness (QED) is 0.529. The maximum Gasteiger partial charge on any atom is 0.107 e. The second-order valence-corrected chi connectivity index (χ2v) is 6.23. The highest BCUT2D eigenvalue weighted by molar-refractivity contribution is 5.61. The van der Waals surface area contributed by atoms with E-state index in [-0.39, 0.29) is 0 Å². The van der Waals surface area contributed by atoms with Crippen LogP contribution in [0.1, 0.15) is 45.4 Å². The van der Waals surface area contributed by atoms with Gasteiger partial charge in [-0.2, -0.15) is 0 Å². The lowest BCUT2D eigenvalue weighted by Crippen LogP contribution is -2.04. The van der Waals surface area contributed by atoms with Crippen molar-refractivity contribution in [1.29, 1.82) is 0 Å². The van der Waals surface area contributed by atoms with Crippen molar-refractivity contribution >= 4 is 0 Å². The molecule has 3 rings (SSSR count). The minimum atomic E-state index is 0.866. The fraction of sp³-hybridized carbons (Fsp3) is 0.400. The number of rotatable bonds is 9. The fourth-order valence-corrected chi connectivity index (χ4v) is 2.90. The number of nitrogens with zero attached hydrogens (tertiary/aromatic N) is 5. The average molecular weight is 335 g/mol. The second kappa shape index (κ2) is 9.06. The molecule has 5 nitrogen and oxygen atoms in total. The van der Waals surface area contributed by atoms with Crippen molar-refractivity contribution in [2.45, 2.75) is 52.0 Å². The van der Waals surface area contributed by atoms with Crippen LogP contribution in [0.2, 0.25) is 0 Å². The Kier molecular flexibility index (Phi) is 6.26. The molecule has 0 aromatic carbocycles. The van der Waals surface area contributed by atoms with Crippen molar-refractivity contribution < 1.29 is 0 Å².